The molecule has 14 heteroatoms. The summed E-state index contributed by atoms with van der Waals surface area (Å²) in [4.78, 5) is 63.0. The Morgan fingerprint density at radius 1 is 0.793 bits per heavy atom. The Hall–Kier alpha value is -2.13. The second-order valence-corrected chi connectivity index (χ2v) is 20.4. The second kappa shape index (κ2) is 21.6. The fourth-order valence-corrected chi connectivity index (χ4v) is 14.4. The number of carbonyl (C=O) groups excluding carboxylic acids is 5. The minimum atomic E-state index is -0.0583. The van der Waals surface area contributed by atoms with Crippen molar-refractivity contribution >= 4 is 52.9 Å². The van der Waals surface area contributed by atoms with Gasteiger partial charge in [-0.1, -0.05) is 20.3 Å². The fourth-order valence-electron chi connectivity index (χ4n) is 11.5. The van der Waals surface area contributed by atoms with Gasteiger partial charge in [0.25, 0.3) is 0 Å². The third-order valence-corrected chi connectivity index (χ3v) is 17.2. The van der Waals surface area contributed by atoms with Gasteiger partial charge in [-0.15, -0.1) is 11.8 Å². The van der Waals surface area contributed by atoms with Crippen LogP contribution in [0.2, 0.25) is 0 Å². The molecule has 58 heavy (non-hydrogen) atoms. The summed E-state index contributed by atoms with van der Waals surface area (Å²) in [5.74, 6) is 4.34. The summed E-state index contributed by atoms with van der Waals surface area (Å²) in [6, 6.07) is 0.410. The van der Waals surface area contributed by atoms with E-state index in [1.54, 1.807) is 18.7 Å². The quantitative estimate of drug-likeness (QED) is 0.0674. The predicted molar refractivity (Wildman–Crippen MR) is 229 cm³/mol. The van der Waals surface area contributed by atoms with Crippen molar-refractivity contribution in [3.8, 4) is 0 Å². The molecule has 4 aliphatic carbocycles. The molecule has 326 valence electrons. The first kappa shape index (κ1) is 45.4. The van der Waals surface area contributed by atoms with Crippen LogP contribution in [0.1, 0.15) is 117 Å². The minimum absolute atomic E-state index is 0.00887. The monoisotopic (exact) mass is 846 g/mol. The standard InChI is InChI=1S/C44H70N4O8S2/c1-29(49)31-12-13-32-30-10-11-34-41(36(50)15-18-44(34,3)33(30)14-17-43(31,32)2)57-27-16-39(52)46-20-7-22-55-24-26-56-25-23-54-21-6-19-45-38(51)9-5-4-8-37-40-35(28-58-37)47-42(53)48-40/h30-33,35,37,40H,4-28H2,1-3H3,(H,45,51)(H,46,52)(H2,47,48,53). The van der Waals surface area contributed by atoms with Crippen molar-refractivity contribution in [2.75, 3.05) is 64.2 Å². The molecule has 9 unspecified atom stereocenters. The van der Waals surface area contributed by atoms with E-state index >= 15 is 0 Å². The van der Waals surface area contributed by atoms with Crippen LogP contribution in [0.25, 0.3) is 0 Å². The van der Waals surface area contributed by atoms with Gasteiger partial charge in [-0.2, -0.15) is 11.8 Å². The van der Waals surface area contributed by atoms with Gasteiger partial charge < -0.3 is 35.5 Å². The van der Waals surface area contributed by atoms with E-state index in [9.17, 15) is 24.0 Å². The molecule has 6 rings (SSSR count). The van der Waals surface area contributed by atoms with Crippen molar-refractivity contribution in [2.45, 2.75) is 134 Å². The number of nitrogens with one attached hydrogen (secondary N) is 4. The number of ether oxygens (including phenoxy) is 3. The number of unbranched alkanes of at least 4 members (excludes halogenated alkanes) is 1. The number of urea groups is 1. The normalized spacial score (nSPS) is 32.5. The van der Waals surface area contributed by atoms with Crippen LogP contribution in [-0.4, -0.2) is 111 Å². The minimum Gasteiger partial charge on any atom is -0.379 e. The van der Waals surface area contributed by atoms with E-state index < -0.39 is 0 Å². The highest BCUT2D eigenvalue weighted by molar-refractivity contribution is 8.04. The van der Waals surface area contributed by atoms with Crippen LogP contribution < -0.4 is 21.3 Å². The van der Waals surface area contributed by atoms with Crippen LogP contribution in [0.3, 0.4) is 0 Å². The van der Waals surface area contributed by atoms with Crippen molar-refractivity contribution in [3.63, 3.8) is 0 Å². The van der Waals surface area contributed by atoms with Crippen molar-refractivity contribution in [1.29, 1.82) is 0 Å². The molecule has 0 aromatic rings. The Kier molecular flexibility index (Phi) is 16.9. The smallest absolute Gasteiger partial charge is 0.315 e. The largest absolute Gasteiger partial charge is 0.379 e. The average Bonchev–Trinajstić information content (AvgIpc) is 3.87. The lowest BCUT2D eigenvalue weighted by atomic mass is 9.46. The maximum absolute atomic E-state index is 13.2. The maximum Gasteiger partial charge on any atom is 0.315 e. The summed E-state index contributed by atoms with van der Waals surface area (Å²) < 4.78 is 16.9. The number of carbonyl (C=O) groups is 5. The van der Waals surface area contributed by atoms with E-state index in [1.165, 1.54) is 12.0 Å². The molecule has 2 aliphatic heterocycles. The first-order chi connectivity index (χ1) is 28.0. The Labute approximate surface area is 354 Å². The molecule has 2 heterocycles. The lowest BCUT2D eigenvalue weighted by molar-refractivity contribution is -0.128. The number of ketones is 2. The molecule has 0 radical (unpaired) electrons. The summed E-state index contributed by atoms with van der Waals surface area (Å²) in [7, 11) is 0. The molecule has 0 bridgehead atoms. The maximum atomic E-state index is 13.2. The van der Waals surface area contributed by atoms with Gasteiger partial charge in [0.1, 0.15) is 5.78 Å². The molecule has 0 aromatic heterocycles. The number of hydrogen-bond acceptors (Lipinski definition) is 10. The summed E-state index contributed by atoms with van der Waals surface area (Å²) in [6.07, 6.45) is 13.4. The highest BCUT2D eigenvalue weighted by Gasteiger charge is 2.60. The number of amides is 4. The van der Waals surface area contributed by atoms with Crippen molar-refractivity contribution in [3.05, 3.63) is 10.5 Å². The lowest BCUT2D eigenvalue weighted by Crippen LogP contribution is -2.51. The molecule has 6 aliphatic rings. The van der Waals surface area contributed by atoms with Crippen LogP contribution in [-0.2, 0) is 33.4 Å². The van der Waals surface area contributed by atoms with Gasteiger partial charge >= 0.3 is 6.03 Å². The van der Waals surface area contributed by atoms with Crippen LogP contribution in [0.4, 0.5) is 4.79 Å². The van der Waals surface area contributed by atoms with E-state index in [1.807, 2.05) is 11.8 Å². The van der Waals surface area contributed by atoms with Gasteiger partial charge in [-0.3, -0.25) is 19.2 Å². The number of rotatable bonds is 24. The van der Waals surface area contributed by atoms with Gasteiger partial charge in [0, 0.05) is 68.2 Å². The Balaban J connectivity index is 0.730. The molecule has 4 N–H and O–H groups in total. The molecule has 0 spiro atoms. The summed E-state index contributed by atoms with van der Waals surface area (Å²) in [5.41, 5.74) is 1.55. The first-order valence-electron chi connectivity index (χ1n) is 22.4. The highest BCUT2D eigenvalue weighted by Crippen LogP contribution is 2.67. The van der Waals surface area contributed by atoms with Crippen molar-refractivity contribution in [2.24, 2.45) is 34.5 Å². The topological polar surface area (TPSA) is 161 Å². The van der Waals surface area contributed by atoms with E-state index in [2.05, 4.69) is 35.1 Å². The Morgan fingerprint density at radius 3 is 2.19 bits per heavy atom. The van der Waals surface area contributed by atoms with E-state index in [-0.39, 0.29) is 52.5 Å². The summed E-state index contributed by atoms with van der Waals surface area (Å²) in [6.45, 7) is 10.8. The molecule has 9 atom stereocenters. The zero-order chi connectivity index (χ0) is 41.1. The van der Waals surface area contributed by atoms with E-state index in [4.69, 9.17) is 14.2 Å². The van der Waals surface area contributed by atoms with Gasteiger partial charge in [0.05, 0.1) is 43.4 Å². The van der Waals surface area contributed by atoms with Gasteiger partial charge in [0.2, 0.25) is 11.8 Å². The molecule has 3 saturated carbocycles. The third kappa shape index (κ3) is 11.2. The number of hydrogen-bond donors (Lipinski definition) is 4. The highest BCUT2D eigenvalue weighted by atomic mass is 32.2. The molecule has 2 saturated heterocycles. The van der Waals surface area contributed by atoms with E-state index in [0.717, 1.165) is 81.3 Å². The van der Waals surface area contributed by atoms with Gasteiger partial charge in [0.15, 0.2) is 5.78 Å². The number of Topliss-reactive ketones (excluding diaryl/α,β-unsaturated/α-hetero) is 2. The summed E-state index contributed by atoms with van der Waals surface area (Å²) >= 11 is 3.51. The van der Waals surface area contributed by atoms with Crippen LogP contribution in [0, 0.1) is 34.5 Å². The average molecular weight is 847 g/mol. The number of thioether (sulfide) groups is 2. The van der Waals surface area contributed by atoms with Gasteiger partial charge in [-0.25, -0.2) is 4.79 Å². The molecule has 0 aromatic carbocycles. The van der Waals surface area contributed by atoms with Crippen molar-refractivity contribution < 1.29 is 38.2 Å². The first-order valence-corrected chi connectivity index (χ1v) is 24.4. The van der Waals surface area contributed by atoms with Gasteiger partial charge in [-0.05, 0) is 112 Å². The fraction of sp³-hybridized carbons (Fsp3) is 0.841. The number of allylic oxidation sites excluding steroid dienone is 1. The van der Waals surface area contributed by atoms with Crippen molar-refractivity contribution in [1.82, 2.24) is 21.3 Å². The molecular formula is C44H70N4O8S2. The predicted octanol–water partition coefficient (Wildman–Crippen LogP) is 5.96. The molecule has 5 fully saturated rings. The van der Waals surface area contributed by atoms with Crippen LogP contribution in [0.5, 0.6) is 0 Å². The summed E-state index contributed by atoms with van der Waals surface area (Å²) in [5, 5.41) is 12.4. The lowest BCUT2D eigenvalue weighted by Gasteiger charge is -2.58. The SMILES string of the molecule is CC(=O)C1CCC2C3CCC4=C(SCCC(=O)NCCCOCCOCCOCCCNC(=O)CCCCC5SCC6NC(=O)NC65)C(=O)CCC4(C)C3CCC12C. The van der Waals surface area contributed by atoms with Crippen LogP contribution in [0.15, 0.2) is 10.5 Å². The van der Waals surface area contributed by atoms with E-state index in [0.29, 0.717) is 107 Å². The van der Waals surface area contributed by atoms with Crippen LogP contribution >= 0.6 is 23.5 Å². The molecule has 4 amide bonds. The Morgan fingerprint density at radius 2 is 1.48 bits per heavy atom. The molecule has 12 nitrogen and oxygen atoms in total. The number of fused-ring (bicyclic) bond motifs is 6. The Bertz CT molecular complexity index is 1500. The zero-order valence-corrected chi connectivity index (χ0v) is 36.9. The molecular weight excluding hydrogens is 777 g/mol. The third-order valence-electron chi connectivity index (χ3n) is 14.5. The zero-order valence-electron chi connectivity index (χ0n) is 35.3. The second-order valence-electron chi connectivity index (χ2n) is 18.1.